The van der Waals surface area contributed by atoms with Gasteiger partial charge in [-0.3, -0.25) is 10.1 Å². The number of nitrogens with zero attached hydrogens (tertiary/aromatic N) is 1. The van der Waals surface area contributed by atoms with Crippen LogP contribution < -0.4 is 15.4 Å². The van der Waals surface area contributed by atoms with Gasteiger partial charge < -0.3 is 14.8 Å². The quantitative estimate of drug-likeness (QED) is 0.628. The molecule has 2 N–H and O–H groups in total. The second kappa shape index (κ2) is 9.19. The van der Waals surface area contributed by atoms with Crippen molar-refractivity contribution >= 4 is 17.6 Å². The first-order valence-electron chi connectivity index (χ1n) is 9.10. The molecular weight excluding hydrogens is 342 g/mol. The van der Waals surface area contributed by atoms with E-state index in [4.69, 9.17) is 9.47 Å². The number of benzene rings is 2. The van der Waals surface area contributed by atoms with Gasteiger partial charge in [0.25, 0.3) is 5.91 Å². The van der Waals surface area contributed by atoms with Crippen LogP contribution in [0.15, 0.2) is 53.5 Å². The van der Waals surface area contributed by atoms with Crippen molar-refractivity contribution < 1.29 is 14.3 Å². The van der Waals surface area contributed by atoms with E-state index in [1.165, 1.54) is 0 Å². The molecule has 1 saturated heterocycles. The molecule has 2 aromatic carbocycles. The van der Waals surface area contributed by atoms with Crippen LogP contribution in [-0.2, 0) is 4.74 Å². The lowest BCUT2D eigenvalue weighted by Gasteiger charge is -2.15. The number of amides is 1. The molecule has 2 aromatic rings. The summed E-state index contributed by atoms with van der Waals surface area (Å²) in [4.78, 5) is 17.2. The van der Waals surface area contributed by atoms with Gasteiger partial charge in [0.1, 0.15) is 5.75 Å². The summed E-state index contributed by atoms with van der Waals surface area (Å²) in [7, 11) is 1.57. The molecule has 1 fully saturated rings. The number of hydrogen-bond donors (Lipinski definition) is 2. The van der Waals surface area contributed by atoms with E-state index in [1.807, 2.05) is 31.2 Å². The van der Waals surface area contributed by atoms with E-state index >= 15 is 0 Å². The lowest BCUT2D eigenvalue weighted by molar-refractivity contribution is 0.0975. The topological polar surface area (TPSA) is 72.0 Å². The van der Waals surface area contributed by atoms with Gasteiger partial charge in [0.05, 0.1) is 19.8 Å². The minimum Gasteiger partial charge on any atom is -0.497 e. The maximum atomic E-state index is 12.7. The van der Waals surface area contributed by atoms with Crippen molar-refractivity contribution in [2.75, 3.05) is 25.6 Å². The highest BCUT2D eigenvalue weighted by Crippen LogP contribution is 2.15. The number of hydrogen-bond acceptors (Lipinski definition) is 4. The third-order valence-electron chi connectivity index (χ3n) is 4.44. The summed E-state index contributed by atoms with van der Waals surface area (Å²) in [6.45, 7) is 3.29. The average Bonchev–Trinajstić information content (AvgIpc) is 3.21. The Labute approximate surface area is 159 Å². The molecule has 3 rings (SSSR count). The molecule has 27 heavy (non-hydrogen) atoms. The number of nitrogens with one attached hydrogen (secondary N) is 2. The van der Waals surface area contributed by atoms with Crippen molar-refractivity contribution in [1.82, 2.24) is 5.32 Å². The van der Waals surface area contributed by atoms with Gasteiger partial charge in [0.15, 0.2) is 0 Å². The summed E-state index contributed by atoms with van der Waals surface area (Å²) < 4.78 is 10.8. The molecule has 0 bridgehead atoms. The largest absolute Gasteiger partial charge is 0.497 e. The number of carbonyl (C=O) groups excluding carboxylic acids is 1. The molecular formula is C21H25N3O3. The highest BCUT2D eigenvalue weighted by Gasteiger charge is 2.16. The SMILES string of the molecule is COc1cccc(C(=O)NC(=NCC2CCCO2)Nc2ccccc2C)c1. The lowest BCUT2D eigenvalue weighted by atomic mass is 10.2. The zero-order valence-corrected chi connectivity index (χ0v) is 15.7. The fraction of sp³-hybridized carbons (Fsp3) is 0.333. The molecule has 1 aliphatic heterocycles. The van der Waals surface area contributed by atoms with Crippen molar-refractivity contribution in [3.8, 4) is 5.75 Å². The third kappa shape index (κ3) is 5.31. The number of anilines is 1. The summed E-state index contributed by atoms with van der Waals surface area (Å²) in [5.41, 5.74) is 2.47. The number of aliphatic imine (C=N–C) groups is 1. The predicted molar refractivity (Wildman–Crippen MR) is 107 cm³/mol. The van der Waals surface area contributed by atoms with Crippen LogP contribution in [0, 0.1) is 6.92 Å². The maximum Gasteiger partial charge on any atom is 0.258 e. The zero-order valence-electron chi connectivity index (χ0n) is 15.7. The van der Waals surface area contributed by atoms with Crippen LogP contribution in [0.25, 0.3) is 0 Å². The Balaban J connectivity index is 1.76. The normalized spacial score (nSPS) is 16.8. The molecule has 0 spiro atoms. The first kappa shape index (κ1) is 18.9. The van der Waals surface area contributed by atoms with Crippen molar-refractivity contribution in [3.63, 3.8) is 0 Å². The Morgan fingerprint density at radius 3 is 2.85 bits per heavy atom. The molecule has 1 heterocycles. The van der Waals surface area contributed by atoms with Gasteiger partial charge in [-0.15, -0.1) is 0 Å². The Morgan fingerprint density at radius 2 is 2.11 bits per heavy atom. The van der Waals surface area contributed by atoms with Crippen LogP contribution in [0.2, 0.25) is 0 Å². The lowest BCUT2D eigenvalue weighted by Crippen LogP contribution is -2.37. The van der Waals surface area contributed by atoms with Crippen molar-refractivity contribution in [2.24, 2.45) is 4.99 Å². The van der Waals surface area contributed by atoms with E-state index in [0.29, 0.717) is 23.8 Å². The standard InChI is InChI=1S/C21H25N3O3/c1-15-7-3-4-11-19(15)23-21(22-14-18-10-6-12-27-18)24-20(25)16-8-5-9-17(13-16)26-2/h3-5,7-9,11,13,18H,6,10,12,14H2,1-2H3,(H2,22,23,24,25). The highest BCUT2D eigenvalue weighted by molar-refractivity contribution is 6.10. The van der Waals surface area contributed by atoms with Gasteiger partial charge in [0, 0.05) is 17.9 Å². The van der Waals surface area contributed by atoms with Gasteiger partial charge in [0.2, 0.25) is 5.96 Å². The first-order chi connectivity index (χ1) is 13.2. The molecule has 1 atom stereocenters. The van der Waals surface area contributed by atoms with Crippen LogP contribution in [0.3, 0.4) is 0 Å². The number of aryl methyl sites for hydroxylation is 1. The first-order valence-corrected chi connectivity index (χ1v) is 9.10. The van der Waals surface area contributed by atoms with Gasteiger partial charge in [-0.2, -0.15) is 0 Å². The van der Waals surface area contributed by atoms with Gasteiger partial charge in [-0.25, -0.2) is 4.99 Å². The molecule has 1 amide bonds. The number of methoxy groups -OCH3 is 1. The predicted octanol–water partition coefficient (Wildman–Crippen LogP) is 3.38. The van der Waals surface area contributed by atoms with E-state index in [9.17, 15) is 4.79 Å². The van der Waals surface area contributed by atoms with Gasteiger partial charge in [-0.05, 0) is 49.6 Å². The van der Waals surface area contributed by atoms with E-state index in [-0.39, 0.29) is 12.0 Å². The molecule has 0 aromatic heterocycles. The van der Waals surface area contributed by atoms with E-state index in [1.54, 1.807) is 31.4 Å². The van der Waals surface area contributed by atoms with Crippen LogP contribution >= 0.6 is 0 Å². The number of rotatable bonds is 5. The van der Waals surface area contributed by atoms with E-state index in [2.05, 4.69) is 15.6 Å². The number of ether oxygens (including phenoxy) is 2. The molecule has 6 heteroatoms. The maximum absolute atomic E-state index is 12.7. The van der Waals surface area contributed by atoms with Crippen molar-refractivity contribution in [1.29, 1.82) is 0 Å². The highest BCUT2D eigenvalue weighted by atomic mass is 16.5. The average molecular weight is 367 g/mol. The molecule has 0 radical (unpaired) electrons. The fourth-order valence-electron chi connectivity index (χ4n) is 2.88. The fourth-order valence-corrected chi connectivity index (χ4v) is 2.88. The smallest absolute Gasteiger partial charge is 0.258 e. The molecule has 1 unspecified atom stereocenters. The van der Waals surface area contributed by atoms with Crippen molar-refractivity contribution in [2.45, 2.75) is 25.9 Å². The number of guanidine groups is 1. The molecule has 142 valence electrons. The monoisotopic (exact) mass is 367 g/mol. The van der Waals surface area contributed by atoms with Gasteiger partial charge >= 0.3 is 0 Å². The molecule has 0 saturated carbocycles. The number of carbonyl (C=O) groups is 1. The Bertz CT molecular complexity index is 814. The zero-order chi connectivity index (χ0) is 19.1. The van der Waals surface area contributed by atoms with E-state index < -0.39 is 0 Å². The summed E-state index contributed by atoms with van der Waals surface area (Å²) in [5.74, 6) is 0.793. The van der Waals surface area contributed by atoms with Crippen LogP contribution in [0.1, 0.15) is 28.8 Å². The van der Waals surface area contributed by atoms with Gasteiger partial charge in [-0.1, -0.05) is 24.3 Å². The summed E-state index contributed by atoms with van der Waals surface area (Å²) in [5, 5.41) is 6.10. The number of para-hydroxylation sites is 1. The Morgan fingerprint density at radius 1 is 1.26 bits per heavy atom. The molecule has 1 aliphatic rings. The summed E-state index contributed by atoms with van der Waals surface area (Å²) >= 11 is 0. The molecule has 0 aliphatic carbocycles. The Kier molecular flexibility index (Phi) is 6.44. The summed E-state index contributed by atoms with van der Waals surface area (Å²) in [6, 6.07) is 14.9. The van der Waals surface area contributed by atoms with Crippen molar-refractivity contribution in [3.05, 3.63) is 59.7 Å². The van der Waals surface area contributed by atoms with Crippen LogP contribution in [-0.4, -0.2) is 38.2 Å². The van der Waals surface area contributed by atoms with E-state index in [0.717, 1.165) is 30.7 Å². The minimum atomic E-state index is -0.249. The third-order valence-corrected chi connectivity index (χ3v) is 4.44. The van der Waals surface area contributed by atoms with Crippen LogP contribution in [0.4, 0.5) is 5.69 Å². The minimum absolute atomic E-state index is 0.104. The Hall–Kier alpha value is -2.86. The second-order valence-corrected chi connectivity index (χ2v) is 6.45. The molecule has 6 nitrogen and oxygen atoms in total. The summed E-state index contributed by atoms with van der Waals surface area (Å²) in [6.07, 6.45) is 2.15. The second-order valence-electron chi connectivity index (χ2n) is 6.45. The van der Waals surface area contributed by atoms with Crippen LogP contribution in [0.5, 0.6) is 5.75 Å².